The summed E-state index contributed by atoms with van der Waals surface area (Å²) >= 11 is 0. The third-order valence-corrected chi connectivity index (χ3v) is 2.01. The van der Waals surface area contributed by atoms with E-state index in [1.807, 2.05) is 32.9 Å². The molecule has 0 saturated heterocycles. The highest BCUT2D eigenvalue weighted by molar-refractivity contribution is 5.28. The fourth-order valence-corrected chi connectivity index (χ4v) is 1.28. The summed E-state index contributed by atoms with van der Waals surface area (Å²) in [5.41, 5.74) is 1.44. The van der Waals surface area contributed by atoms with E-state index >= 15 is 0 Å². The average molecular weight is 225 g/mol. The Labute approximate surface area is 96.2 Å². The van der Waals surface area contributed by atoms with Crippen molar-refractivity contribution in [3.63, 3.8) is 0 Å². The number of aliphatic hydroxyl groups excluding tert-OH is 1. The van der Waals surface area contributed by atoms with Crippen molar-refractivity contribution in [1.82, 2.24) is 4.98 Å². The highest BCUT2D eigenvalue weighted by Crippen LogP contribution is 2.16. The van der Waals surface area contributed by atoms with Crippen LogP contribution in [0.2, 0.25) is 0 Å². The maximum Gasteiger partial charge on any atom is 0.143 e. The number of ether oxygens (including phenoxy) is 2. The van der Waals surface area contributed by atoms with Crippen LogP contribution < -0.4 is 4.74 Å². The molecule has 0 aliphatic heterocycles. The SMILES string of the molecule is Cc1ccc(OCCOC(C)C)c(CO)n1. The quantitative estimate of drug-likeness (QED) is 0.748. The molecule has 0 unspecified atom stereocenters. The van der Waals surface area contributed by atoms with Gasteiger partial charge in [0.15, 0.2) is 0 Å². The number of nitrogens with zero attached hydrogens (tertiary/aromatic N) is 1. The molecule has 1 N–H and O–H groups in total. The molecule has 90 valence electrons. The molecule has 0 aromatic carbocycles. The maximum absolute atomic E-state index is 9.11. The molecule has 4 nitrogen and oxygen atoms in total. The molecule has 0 spiro atoms. The lowest BCUT2D eigenvalue weighted by Gasteiger charge is -2.11. The highest BCUT2D eigenvalue weighted by atomic mass is 16.5. The van der Waals surface area contributed by atoms with Crippen molar-refractivity contribution in [2.24, 2.45) is 0 Å². The van der Waals surface area contributed by atoms with Crippen LogP contribution >= 0.6 is 0 Å². The number of rotatable bonds is 6. The third kappa shape index (κ3) is 4.16. The van der Waals surface area contributed by atoms with E-state index in [0.29, 0.717) is 24.7 Å². The number of pyridine rings is 1. The van der Waals surface area contributed by atoms with E-state index in [1.165, 1.54) is 0 Å². The maximum atomic E-state index is 9.11. The van der Waals surface area contributed by atoms with Gasteiger partial charge in [-0.1, -0.05) is 0 Å². The van der Waals surface area contributed by atoms with E-state index in [9.17, 15) is 0 Å². The number of aromatic nitrogens is 1. The Morgan fingerprint density at radius 1 is 1.31 bits per heavy atom. The van der Waals surface area contributed by atoms with E-state index in [4.69, 9.17) is 14.6 Å². The van der Waals surface area contributed by atoms with Crippen molar-refractivity contribution in [1.29, 1.82) is 0 Å². The van der Waals surface area contributed by atoms with Gasteiger partial charge in [-0.15, -0.1) is 0 Å². The van der Waals surface area contributed by atoms with E-state index in [2.05, 4.69) is 4.98 Å². The van der Waals surface area contributed by atoms with Crippen molar-refractivity contribution in [3.05, 3.63) is 23.5 Å². The Balaban J connectivity index is 2.47. The Kier molecular flexibility index (Phi) is 5.22. The van der Waals surface area contributed by atoms with Crippen LogP contribution in [0.15, 0.2) is 12.1 Å². The number of hydrogen-bond acceptors (Lipinski definition) is 4. The first-order valence-electron chi connectivity index (χ1n) is 5.45. The van der Waals surface area contributed by atoms with Crippen molar-refractivity contribution < 1.29 is 14.6 Å². The molecule has 0 aliphatic rings. The zero-order valence-corrected chi connectivity index (χ0v) is 10.1. The fourth-order valence-electron chi connectivity index (χ4n) is 1.28. The number of hydrogen-bond donors (Lipinski definition) is 1. The van der Waals surface area contributed by atoms with Crippen molar-refractivity contribution in [3.8, 4) is 5.75 Å². The lowest BCUT2D eigenvalue weighted by molar-refractivity contribution is 0.0546. The summed E-state index contributed by atoms with van der Waals surface area (Å²) in [5.74, 6) is 0.625. The van der Waals surface area contributed by atoms with Gasteiger partial charge >= 0.3 is 0 Å². The fraction of sp³-hybridized carbons (Fsp3) is 0.583. The van der Waals surface area contributed by atoms with Crippen LogP contribution in [-0.4, -0.2) is 29.4 Å². The largest absolute Gasteiger partial charge is 0.489 e. The predicted molar refractivity (Wildman–Crippen MR) is 61.5 cm³/mol. The summed E-state index contributed by atoms with van der Waals surface area (Å²) < 4.78 is 10.8. The molecule has 1 heterocycles. The molecule has 0 aliphatic carbocycles. The molecule has 0 atom stereocenters. The minimum atomic E-state index is -0.109. The lowest BCUT2D eigenvalue weighted by atomic mass is 10.3. The highest BCUT2D eigenvalue weighted by Gasteiger charge is 2.04. The van der Waals surface area contributed by atoms with Gasteiger partial charge in [-0.25, -0.2) is 0 Å². The van der Waals surface area contributed by atoms with Crippen molar-refractivity contribution in [2.45, 2.75) is 33.5 Å². The number of aliphatic hydroxyl groups is 1. The molecular formula is C12H19NO3. The second kappa shape index (κ2) is 6.45. The van der Waals surface area contributed by atoms with Crippen LogP contribution in [0.1, 0.15) is 25.2 Å². The summed E-state index contributed by atoms with van der Waals surface area (Å²) in [7, 11) is 0. The van der Waals surface area contributed by atoms with Gasteiger partial charge in [-0.05, 0) is 32.9 Å². The second-order valence-electron chi connectivity index (χ2n) is 3.82. The number of aryl methyl sites for hydroxylation is 1. The van der Waals surface area contributed by atoms with Gasteiger partial charge in [0.2, 0.25) is 0 Å². The van der Waals surface area contributed by atoms with Crippen LogP contribution in [0.5, 0.6) is 5.75 Å². The van der Waals surface area contributed by atoms with Gasteiger partial charge in [0.1, 0.15) is 18.1 Å². The molecule has 16 heavy (non-hydrogen) atoms. The summed E-state index contributed by atoms with van der Waals surface area (Å²) in [4.78, 5) is 4.19. The van der Waals surface area contributed by atoms with Crippen molar-refractivity contribution >= 4 is 0 Å². The summed E-state index contributed by atoms with van der Waals surface area (Å²) in [6.45, 7) is 6.73. The second-order valence-corrected chi connectivity index (χ2v) is 3.82. The molecule has 0 radical (unpaired) electrons. The molecule has 0 saturated carbocycles. The summed E-state index contributed by atoms with van der Waals surface area (Å²) in [6.07, 6.45) is 0.206. The zero-order chi connectivity index (χ0) is 12.0. The van der Waals surface area contributed by atoms with Gasteiger partial charge in [0, 0.05) is 5.69 Å². The van der Waals surface area contributed by atoms with Gasteiger partial charge < -0.3 is 14.6 Å². The molecule has 0 amide bonds. The Hall–Kier alpha value is -1.13. The predicted octanol–water partition coefficient (Wildman–Crippen LogP) is 1.69. The monoisotopic (exact) mass is 225 g/mol. The minimum absolute atomic E-state index is 0.109. The van der Waals surface area contributed by atoms with Gasteiger partial charge in [-0.2, -0.15) is 0 Å². The molecule has 0 bridgehead atoms. The van der Waals surface area contributed by atoms with Crippen LogP contribution in [0, 0.1) is 6.92 Å². The van der Waals surface area contributed by atoms with Gasteiger partial charge in [0.05, 0.1) is 19.3 Å². The topological polar surface area (TPSA) is 51.6 Å². The first-order valence-corrected chi connectivity index (χ1v) is 5.45. The average Bonchev–Trinajstić information content (AvgIpc) is 2.25. The van der Waals surface area contributed by atoms with Crippen LogP contribution in [0.25, 0.3) is 0 Å². The zero-order valence-electron chi connectivity index (χ0n) is 10.1. The molecular weight excluding hydrogens is 206 g/mol. The first-order chi connectivity index (χ1) is 7.63. The Bertz CT molecular complexity index is 326. The van der Waals surface area contributed by atoms with E-state index in [0.717, 1.165) is 5.69 Å². The Morgan fingerprint density at radius 3 is 2.69 bits per heavy atom. The molecule has 1 aromatic heterocycles. The van der Waals surface area contributed by atoms with Crippen LogP contribution in [0.3, 0.4) is 0 Å². The van der Waals surface area contributed by atoms with Crippen molar-refractivity contribution in [2.75, 3.05) is 13.2 Å². The van der Waals surface area contributed by atoms with E-state index in [1.54, 1.807) is 0 Å². The minimum Gasteiger partial charge on any atom is -0.489 e. The standard InChI is InChI=1S/C12H19NO3/c1-9(2)15-6-7-16-12-5-4-10(3)13-11(12)8-14/h4-5,9,14H,6-8H2,1-3H3. The summed E-state index contributed by atoms with van der Waals surface area (Å²) in [5, 5.41) is 9.11. The lowest BCUT2D eigenvalue weighted by Crippen LogP contribution is -2.12. The molecule has 1 aromatic rings. The first kappa shape index (κ1) is 12.9. The molecule has 0 fully saturated rings. The Morgan fingerprint density at radius 2 is 2.06 bits per heavy atom. The van der Waals surface area contributed by atoms with Gasteiger partial charge in [-0.3, -0.25) is 4.98 Å². The molecule has 4 heteroatoms. The summed E-state index contributed by atoms with van der Waals surface area (Å²) in [6, 6.07) is 3.68. The van der Waals surface area contributed by atoms with Crippen LogP contribution in [-0.2, 0) is 11.3 Å². The third-order valence-electron chi connectivity index (χ3n) is 2.01. The van der Waals surface area contributed by atoms with Gasteiger partial charge in [0.25, 0.3) is 0 Å². The normalized spacial score (nSPS) is 10.8. The van der Waals surface area contributed by atoms with E-state index in [-0.39, 0.29) is 12.7 Å². The smallest absolute Gasteiger partial charge is 0.143 e. The molecule has 1 rings (SSSR count). The van der Waals surface area contributed by atoms with Crippen LogP contribution in [0.4, 0.5) is 0 Å². The van der Waals surface area contributed by atoms with E-state index < -0.39 is 0 Å².